The van der Waals surface area contributed by atoms with Crippen LogP contribution in [0.25, 0.3) is 0 Å². The standard InChI is InChI=1S/C22H28N2O2/c1-17-8-9-18(2)20(12-17)13-22(26)24-11-10-23(15-21(25)16-24)14-19-6-4-3-5-7-19/h3-9,12,21,25H,10-11,13-16H2,1-2H3. The number of nitrogens with zero attached hydrogens (tertiary/aromatic N) is 2. The molecule has 4 heteroatoms. The van der Waals surface area contributed by atoms with Gasteiger partial charge in [-0.2, -0.15) is 0 Å². The number of aliphatic hydroxyl groups excluding tert-OH is 1. The largest absolute Gasteiger partial charge is 0.390 e. The summed E-state index contributed by atoms with van der Waals surface area (Å²) in [4.78, 5) is 16.8. The average Bonchev–Trinajstić information content (AvgIpc) is 2.80. The molecule has 2 aromatic rings. The van der Waals surface area contributed by atoms with Crippen LogP contribution in [0.15, 0.2) is 48.5 Å². The Bertz CT molecular complexity index is 745. The minimum Gasteiger partial charge on any atom is -0.390 e. The van der Waals surface area contributed by atoms with E-state index >= 15 is 0 Å². The van der Waals surface area contributed by atoms with E-state index in [4.69, 9.17) is 0 Å². The Hall–Kier alpha value is -2.17. The molecule has 0 saturated carbocycles. The molecular formula is C22H28N2O2. The molecule has 2 aromatic carbocycles. The van der Waals surface area contributed by atoms with Gasteiger partial charge in [-0.1, -0.05) is 54.1 Å². The van der Waals surface area contributed by atoms with E-state index in [1.165, 1.54) is 11.1 Å². The predicted molar refractivity (Wildman–Crippen MR) is 104 cm³/mol. The molecule has 0 radical (unpaired) electrons. The van der Waals surface area contributed by atoms with Crippen LogP contribution in [0.2, 0.25) is 0 Å². The van der Waals surface area contributed by atoms with Crippen molar-refractivity contribution in [3.05, 3.63) is 70.8 Å². The van der Waals surface area contributed by atoms with Crippen molar-refractivity contribution in [1.82, 2.24) is 9.80 Å². The molecular weight excluding hydrogens is 324 g/mol. The van der Waals surface area contributed by atoms with Crippen LogP contribution >= 0.6 is 0 Å². The molecule has 1 N–H and O–H groups in total. The number of carbonyl (C=O) groups excluding carboxylic acids is 1. The van der Waals surface area contributed by atoms with Crippen LogP contribution in [0.1, 0.15) is 22.3 Å². The van der Waals surface area contributed by atoms with Gasteiger partial charge in [-0.3, -0.25) is 9.69 Å². The van der Waals surface area contributed by atoms with Crippen molar-refractivity contribution in [3.8, 4) is 0 Å². The van der Waals surface area contributed by atoms with Gasteiger partial charge in [0.2, 0.25) is 5.91 Å². The van der Waals surface area contributed by atoms with E-state index < -0.39 is 6.10 Å². The molecule has 0 aromatic heterocycles. The number of hydrogen-bond acceptors (Lipinski definition) is 3. The topological polar surface area (TPSA) is 43.8 Å². The van der Waals surface area contributed by atoms with Crippen LogP contribution in [-0.2, 0) is 17.8 Å². The van der Waals surface area contributed by atoms with Gasteiger partial charge in [-0.25, -0.2) is 0 Å². The van der Waals surface area contributed by atoms with E-state index in [1.54, 1.807) is 0 Å². The maximum absolute atomic E-state index is 12.8. The second kappa shape index (κ2) is 8.47. The van der Waals surface area contributed by atoms with Crippen LogP contribution in [-0.4, -0.2) is 53.1 Å². The molecule has 0 bridgehead atoms. The number of carbonyl (C=O) groups is 1. The first-order chi connectivity index (χ1) is 12.5. The van der Waals surface area contributed by atoms with Crippen molar-refractivity contribution in [2.24, 2.45) is 0 Å². The van der Waals surface area contributed by atoms with Crippen LogP contribution in [0.3, 0.4) is 0 Å². The van der Waals surface area contributed by atoms with Gasteiger partial charge < -0.3 is 10.0 Å². The zero-order valence-electron chi connectivity index (χ0n) is 15.7. The summed E-state index contributed by atoms with van der Waals surface area (Å²) < 4.78 is 0. The highest BCUT2D eigenvalue weighted by Gasteiger charge is 2.24. The molecule has 4 nitrogen and oxygen atoms in total. The van der Waals surface area contributed by atoms with Gasteiger partial charge in [-0.05, 0) is 30.5 Å². The maximum Gasteiger partial charge on any atom is 0.227 e. The highest BCUT2D eigenvalue weighted by Crippen LogP contribution is 2.15. The van der Waals surface area contributed by atoms with Crippen molar-refractivity contribution in [2.75, 3.05) is 26.2 Å². The molecule has 1 fully saturated rings. The molecule has 0 spiro atoms. The molecule has 1 atom stereocenters. The molecule has 1 heterocycles. The molecule has 1 amide bonds. The predicted octanol–water partition coefficient (Wildman–Crippen LogP) is 2.55. The Morgan fingerprint density at radius 3 is 2.62 bits per heavy atom. The monoisotopic (exact) mass is 352 g/mol. The summed E-state index contributed by atoms with van der Waals surface area (Å²) in [5.74, 6) is 0.0966. The van der Waals surface area contributed by atoms with Crippen molar-refractivity contribution in [2.45, 2.75) is 32.9 Å². The lowest BCUT2D eigenvalue weighted by atomic mass is 10.0. The smallest absolute Gasteiger partial charge is 0.227 e. The lowest BCUT2D eigenvalue weighted by molar-refractivity contribution is -0.131. The molecule has 1 aliphatic rings. The Labute approximate surface area is 156 Å². The lowest BCUT2D eigenvalue weighted by Crippen LogP contribution is -2.38. The van der Waals surface area contributed by atoms with Crippen molar-refractivity contribution in [3.63, 3.8) is 0 Å². The molecule has 1 aliphatic heterocycles. The minimum absolute atomic E-state index is 0.0966. The third-order valence-corrected chi connectivity index (χ3v) is 5.03. The SMILES string of the molecule is Cc1ccc(C)c(CC(=O)N2CCN(Cc3ccccc3)CC(O)C2)c1. The normalized spacial score (nSPS) is 18.6. The van der Waals surface area contributed by atoms with Crippen molar-refractivity contribution in [1.29, 1.82) is 0 Å². The van der Waals surface area contributed by atoms with E-state index in [1.807, 2.05) is 36.9 Å². The second-order valence-corrected chi connectivity index (χ2v) is 7.32. The fraction of sp³-hybridized carbons (Fsp3) is 0.409. The van der Waals surface area contributed by atoms with Gasteiger partial charge in [0.25, 0.3) is 0 Å². The number of β-amino-alcohol motifs (C(OH)–C–C–N with tert-alkyl or cyclic N) is 1. The number of aliphatic hydroxyl groups is 1. The summed E-state index contributed by atoms with van der Waals surface area (Å²) in [6.07, 6.45) is -0.109. The second-order valence-electron chi connectivity index (χ2n) is 7.32. The first kappa shape index (κ1) is 18.6. The van der Waals surface area contributed by atoms with Crippen molar-refractivity contribution < 1.29 is 9.90 Å². The number of rotatable bonds is 4. The van der Waals surface area contributed by atoms with E-state index in [0.717, 1.165) is 24.2 Å². The molecule has 1 unspecified atom stereocenters. The summed E-state index contributed by atoms with van der Waals surface area (Å²) in [5.41, 5.74) is 4.62. The summed E-state index contributed by atoms with van der Waals surface area (Å²) >= 11 is 0. The highest BCUT2D eigenvalue weighted by atomic mass is 16.3. The number of amides is 1. The highest BCUT2D eigenvalue weighted by molar-refractivity contribution is 5.79. The summed E-state index contributed by atoms with van der Waals surface area (Å²) in [5, 5.41) is 10.4. The lowest BCUT2D eigenvalue weighted by Gasteiger charge is -2.22. The Morgan fingerprint density at radius 2 is 1.85 bits per heavy atom. The Kier molecular flexibility index (Phi) is 6.07. The fourth-order valence-corrected chi connectivity index (χ4v) is 3.53. The third kappa shape index (κ3) is 4.93. The minimum atomic E-state index is -0.510. The zero-order valence-corrected chi connectivity index (χ0v) is 15.7. The number of aryl methyl sites for hydroxylation is 2. The summed E-state index contributed by atoms with van der Waals surface area (Å²) in [6, 6.07) is 16.5. The van der Waals surface area contributed by atoms with Gasteiger partial charge in [0, 0.05) is 32.7 Å². The fourth-order valence-electron chi connectivity index (χ4n) is 3.53. The first-order valence-electron chi connectivity index (χ1n) is 9.29. The van der Waals surface area contributed by atoms with E-state index in [9.17, 15) is 9.90 Å². The number of hydrogen-bond donors (Lipinski definition) is 1. The molecule has 26 heavy (non-hydrogen) atoms. The summed E-state index contributed by atoms with van der Waals surface area (Å²) in [7, 11) is 0. The summed E-state index contributed by atoms with van der Waals surface area (Å²) in [6.45, 7) is 7.34. The van der Waals surface area contributed by atoms with Gasteiger partial charge in [0.1, 0.15) is 0 Å². The van der Waals surface area contributed by atoms with Gasteiger partial charge in [0.05, 0.1) is 12.5 Å². The average molecular weight is 352 g/mol. The van der Waals surface area contributed by atoms with E-state index in [2.05, 4.69) is 35.2 Å². The zero-order chi connectivity index (χ0) is 18.5. The van der Waals surface area contributed by atoms with Gasteiger partial charge in [0.15, 0.2) is 0 Å². The van der Waals surface area contributed by atoms with E-state index in [-0.39, 0.29) is 5.91 Å². The van der Waals surface area contributed by atoms with Crippen molar-refractivity contribution >= 4 is 5.91 Å². The van der Waals surface area contributed by atoms with Gasteiger partial charge >= 0.3 is 0 Å². The first-order valence-corrected chi connectivity index (χ1v) is 9.29. The van der Waals surface area contributed by atoms with E-state index in [0.29, 0.717) is 26.1 Å². The molecule has 0 aliphatic carbocycles. The van der Waals surface area contributed by atoms with Crippen LogP contribution in [0, 0.1) is 13.8 Å². The van der Waals surface area contributed by atoms with Crippen LogP contribution in [0.5, 0.6) is 0 Å². The molecule has 138 valence electrons. The Morgan fingerprint density at radius 1 is 1.08 bits per heavy atom. The Balaban J connectivity index is 1.62. The van der Waals surface area contributed by atoms with Gasteiger partial charge in [-0.15, -0.1) is 0 Å². The maximum atomic E-state index is 12.8. The third-order valence-electron chi connectivity index (χ3n) is 5.03. The van der Waals surface area contributed by atoms with Crippen LogP contribution < -0.4 is 0 Å². The number of benzene rings is 2. The molecule has 3 rings (SSSR count). The quantitative estimate of drug-likeness (QED) is 0.920. The molecule has 1 saturated heterocycles. The van der Waals surface area contributed by atoms with Crippen LogP contribution in [0.4, 0.5) is 0 Å².